The quantitative estimate of drug-likeness (QED) is 0.428. The predicted molar refractivity (Wildman–Crippen MR) is 130 cm³/mol. The lowest BCUT2D eigenvalue weighted by Crippen LogP contribution is -2.43. The second-order valence-corrected chi connectivity index (χ2v) is 9.74. The molecule has 182 valence electrons. The van der Waals surface area contributed by atoms with Crippen molar-refractivity contribution >= 4 is 23.7 Å². The summed E-state index contributed by atoms with van der Waals surface area (Å²) in [7, 11) is 0. The van der Waals surface area contributed by atoms with Gasteiger partial charge in [0.1, 0.15) is 12.6 Å². The standard InChI is InChI=1S/C27H28N2O6/c1-27(2,3)14-22(25(31)32)28-24(30)23-21(12-13-34-23)29-26(33)35-15-20-18-10-6-4-8-16(18)17-9-5-7-11-19(17)20/h4-13,20,22H,14-15H2,1-3H3,(H,28,30)(H,29,33)(H,31,32). The summed E-state index contributed by atoms with van der Waals surface area (Å²) in [6.45, 7) is 5.76. The molecule has 3 N–H and O–H groups in total. The van der Waals surface area contributed by atoms with Crippen LogP contribution in [0.15, 0.2) is 65.3 Å². The third kappa shape index (κ3) is 5.37. The molecule has 3 aromatic rings. The van der Waals surface area contributed by atoms with Crippen LogP contribution < -0.4 is 10.6 Å². The summed E-state index contributed by atoms with van der Waals surface area (Å²) in [5, 5.41) is 14.5. The van der Waals surface area contributed by atoms with Gasteiger partial charge in [0.05, 0.1) is 12.0 Å². The number of ether oxygens (including phenoxy) is 1. The van der Waals surface area contributed by atoms with Crippen LogP contribution >= 0.6 is 0 Å². The van der Waals surface area contributed by atoms with E-state index in [1.54, 1.807) is 0 Å². The SMILES string of the molecule is CC(C)(C)CC(NC(=O)c1occc1NC(=O)OCC1c2ccccc2-c2ccccc21)C(=O)O. The Labute approximate surface area is 203 Å². The highest BCUT2D eigenvalue weighted by Gasteiger charge is 2.30. The molecule has 0 spiro atoms. The van der Waals surface area contributed by atoms with Gasteiger partial charge < -0.3 is 19.6 Å². The molecule has 0 bridgehead atoms. The number of benzene rings is 2. The van der Waals surface area contributed by atoms with Gasteiger partial charge in [0.25, 0.3) is 5.91 Å². The first kappa shape index (κ1) is 24.1. The molecular formula is C27H28N2O6. The molecule has 1 atom stereocenters. The van der Waals surface area contributed by atoms with E-state index in [-0.39, 0.29) is 35.8 Å². The van der Waals surface area contributed by atoms with Crippen LogP contribution in [0.25, 0.3) is 11.1 Å². The molecule has 8 nitrogen and oxygen atoms in total. The minimum Gasteiger partial charge on any atom is -0.480 e. The fraction of sp³-hybridized carbons (Fsp3) is 0.296. The van der Waals surface area contributed by atoms with Gasteiger partial charge >= 0.3 is 12.1 Å². The summed E-state index contributed by atoms with van der Waals surface area (Å²) in [5.74, 6) is -2.18. The molecule has 1 aliphatic rings. The molecule has 1 aromatic heterocycles. The van der Waals surface area contributed by atoms with Crippen LogP contribution in [0, 0.1) is 5.41 Å². The van der Waals surface area contributed by atoms with E-state index in [2.05, 4.69) is 22.8 Å². The first-order chi connectivity index (χ1) is 16.6. The van der Waals surface area contributed by atoms with Gasteiger partial charge in [-0.15, -0.1) is 0 Å². The Morgan fingerprint density at radius 3 is 2.17 bits per heavy atom. The molecule has 2 aromatic carbocycles. The van der Waals surface area contributed by atoms with Crippen molar-refractivity contribution in [3.05, 3.63) is 77.7 Å². The van der Waals surface area contributed by atoms with E-state index in [0.29, 0.717) is 0 Å². The molecule has 0 aliphatic heterocycles. The summed E-state index contributed by atoms with van der Waals surface area (Å²) in [5.41, 5.74) is 4.19. The van der Waals surface area contributed by atoms with Gasteiger partial charge in [0, 0.05) is 12.0 Å². The van der Waals surface area contributed by atoms with Crippen LogP contribution in [0.2, 0.25) is 0 Å². The van der Waals surface area contributed by atoms with Crippen molar-refractivity contribution in [3.63, 3.8) is 0 Å². The monoisotopic (exact) mass is 476 g/mol. The van der Waals surface area contributed by atoms with Crippen molar-refractivity contribution in [2.75, 3.05) is 11.9 Å². The topological polar surface area (TPSA) is 118 Å². The van der Waals surface area contributed by atoms with Gasteiger partial charge in [0.2, 0.25) is 5.76 Å². The van der Waals surface area contributed by atoms with Crippen molar-refractivity contribution in [2.45, 2.75) is 39.2 Å². The van der Waals surface area contributed by atoms with Gasteiger partial charge in [-0.2, -0.15) is 0 Å². The molecule has 1 heterocycles. The highest BCUT2D eigenvalue weighted by molar-refractivity contribution is 6.01. The van der Waals surface area contributed by atoms with E-state index in [4.69, 9.17) is 9.15 Å². The van der Waals surface area contributed by atoms with Gasteiger partial charge in [-0.3, -0.25) is 10.1 Å². The zero-order valence-corrected chi connectivity index (χ0v) is 19.8. The number of nitrogens with one attached hydrogen (secondary N) is 2. The van der Waals surface area contributed by atoms with E-state index in [0.717, 1.165) is 22.3 Å². The van der Waals surface area contributed by atoms with Gasteiger partial charge in [-0.05, 0) is 34.1 Å². The Morgan fingerprint density at radius 1 is 1.00 bits per heavy atom. The molecule has 0 fully saturated rings. The fourth-order valence-electron chi connectivity index (χ4n) is 4.36. The summed E-state index contributed by atoms with van der Waals surface area (Å²) < 4.78 is 10.7. The number of anilines is 1. The first-order valence-electron chi connectivity index (χ1n) is 11.4. The minimum absolute atomic E-state index is 0.0969. The molecule has 35 heavy (non-hydrogen) atoms. The van der Waals surface area contributed by atoms with Gasteiger partial charge in [0.15, 0.2) is 0 Å². The summed E-state index contributed by atoms with van der Waals surface area (Å²) in [6, 6.07) is 16.3. The second kappa shape index (κ2) is 9.66. The lowest BCUT2D eigenvalue weighted by molar-refractivity contribution is -0.140. The summed E-state index contributed by atoms with van der Waals surface area (Å²) >= 11 is 0. The third-order valence-corrected chi connectivity index (χ3v) is 5.87. The fourth-order valence-corrected chi connectivity index (χ4v) is 4.36. The predicted octanol–water partition coefficient (Wildman–Crippen LogP) is 5.26. The molecule has 2 amide bonds. The maximum atomic E-state index is 12.7. The largest absolute Gasteiger partial charge is 0.480 e. The lowest BCUT2D eigenvalue weighted by atomic mass is 9.88. The Balaban J connectivity index is 1.41. The molecular weight excluding hydrogens is 448 g/mol. The normalized spacial score (nSPS) is 13.5. The molecule has 4 rings (SSSR count). The number of furan rings is 1. The molecule has 1 unspecified atom stereocenters. The van der Waals surface area contributed by atoms with E-state index < -0.39 is 24.0 Å². The van der Waals surface area contributed by atoms with Gasteiger partial charge in [-0.25, -0.2) is 9.59 Å². The number of fused-ring (bicyclic) bond motifs is 3. The number of amides is 2. The average molecular weight is 477 g/mol. The van der Waals surface area contributed by atoms with Crippen molar-refractivity contribution in [1.82, 2.24) is 5.32 Å². The number of carbonyl (C=O) groups excluding carboxylic acids is 2. The average Bonchev–Trinajstić information content (AvgIpc) is 3.39. The molecule has 0 saturated heterocycles. The second-order valence-electron chi connectivity index (χ2n) is 9.74. The van der Waals surface area contributed by atoms with Crippen LogP contribution in [0.4, 0.5) is 10.5 Å². The molecule has 1 aliphatic carbocycles. The van der Waals surface area contributed by atoms with E-state index in [1.807, 2.05) is 57.2 Å². The molecule has 0 radical (unpaired) electrons. The van der Waals surface area contributed by atoms with Crippen LogP contribution in [0.5, 0.6) is 0 Å². The highest BCUT2D eigenvalue weighted by atomic mass is 16.5. The minimum atomic E-state index is -1.15. The molecule has 8 heteroatoms. The Morgan fingerprint density at radius 2 is 1.60 bits per heavy atom. The van der Waals surface area contributed by atoms with E-state index in [9.17, 15) is 19.5 Å². The number of aliphatic carboxylic acids is 1. The first-order valence-corrected chi connectivity index (χ1v) is 11.4. The Bertz CT molecular complexity index is 1210. The smallest absolute Gasteiger partial charge is 0.411 e. The van der Waals surface area contributed by atoms with Crippen molar-refractivity contribution in [2.24, 2.45) is 5.41 Å². The zero-order valence-electron chi connectivity index (χ0n) is 19.8. The van der Waals surface area contributed by atoms with E-state index >= 15 is 0 Å². The summed E-state index contributed by atoms with van der Waals surface area (Å²) in [4.78, 5) is 36.9. The maximum absolute atomic E-state index is 12.7. The Kier molecular flexibility index (Phi) is 6.64. The van der Waals surface area contributed by atoms with Crippen molar-refractivity contribution in [1.29, 1.82) is 0 Å². The van der Waals surface area contributed by atoms with Crippen LogP contribution in [0.3, 0.4) is 0 Å². The maximum Gasteiger partial charge on any atom is 0.411 e. The number of rotatable bonds is 7. The number of hydrogen-bond acceptors (Lipinski definition) is 5. The van der Waals surface area contributed by atoms with Crippen LogP contribution in [0.1, 0.15) is 54.8 Å². The van der Waals surface area contributed by atoms with Crippen LogP contribution in [-0.2, 0) is 9.53 Å². The number of carbonyl (C=O) groups is 3. The number of carboxylic acids is 1. The number of hydrogen-bond donors (Lipinski definition) is 3. The van der Waals surface area contributed by atoms with Crippen molar-refractivity contribution in [3.8, 4) is 11.1 Å². The van der Waals surface area contributed by atoms with Crippen molar-refractivity contribution < 1.29 is 28.6 Å². The summed E-state index contributed by atoms with van der Waals surface area (Å²) in [6.07, 6.45) is 0.726. The zero-order chi connectivity index (χ0) is 25.2. The van der Waals surface area contributed by atoms with Gasteiger partial charge in [-0.1, -0.05) is 69.3 Å². The Hall–Kier alpha value is -4.07. The third-order valence-electron chi connectivity index (χ3n) is 5.87. The van der Waals surface area contributed by atoms with E-state index in [1.165, 1.54) is 12.3 Å². The lowest BCUT2D eigenvalue weighted by Gasteiger charge is -2.23. The highest BCUT2D eigenvalue weighted by Crippen LogP contribution is 2.44. The molecule has 0 saturated carbocycles. The van der Waals surface area contributed by atoms with Crippen LogP contribution in [-0.4, -0.2) is 35.7 Å². The number of carboxylic acid groups (broad SMARTS) is 1.